The average molecular weight is 160 g/mol. The zero-order valence-electron chi connectivity index (χ0n) is 7.41. The van der Waals surface area contributed by atoms with Crippen LogP contribution >= 0.6 is 0 Å². The number of hydroxylamine groups is 1. The van der Waals surface area contributed by atoms with E-state index in [2.05, 4.69) is 12.2 Å². The van der Waals surface area contributed by atoms with Crippen molar-refractivity contribution in [2.75, 3.05) is 6.61 Å². The Hall–Kier alpha value is -0.800. The second kappa shape index (κ2) is 5.95. The van der Waals surface area contributed by atoms with Crippen LogP contribution in [-0.4, -0.2) is 17.5 Å². The second-order valence-electron chi connectivity index (χ2n) is 2.66. The number of unbranched alkanes of at least 4 members (excludes halogenated alkanes) is 1. The normalized spacial score (nSPS) is 12.2. The highest BCUT2D eigenvalue weighted by Crippen LogP contribution is 1.91. The van der Waals surface area contributed by atoms with Crippen molar-refractivity contribution >= 4 is 0 Å². The van der Waals surface area contributed by atoms with Gasteiger partial charge in [0.05, 0.1) is 0 Å². The Labute approximate surface area is 67.4 Å². The van der Waals surface area contributed by atoms with E-state index in [1.165, 1.54) is 0 Å². The molecule has 0 atom stereocenters. The van der Waals surface area contributed by atoms with E-state index in [0.717, 1.165) is 12.8 Å². The summed E-state index contributed by atoms with van der Waals surface area (Å²) in [5.41, 5.74) is 0. The molecule has 0 aliphatic rings. The first-order valence-corrected chi connectivity index (χ1v) is 3.97. The molecular weight excluding hydrogens is 144 g/mol. The maximum atomic E-state index is 10.7. The summed E-state index contributed by atoms with van der Waals surface area (Å²) in [6, 6.07) is -0.142. The third kappa shape index (κ3) is 5.63. The van der Waals surface area contributed by atoms with Crippen LogP contribution in [0.3, 0.4) is 0 Å². The van der Waals surface area contributed by atoms with Crippen LogP contribution in [0.1, 0.15) is 33.6 Å². The van der Waals surface area contributed by atoms with E-state index in [1.54, 1.807) is 13.8 Å². The van der Waals surface area contributed by atoms with Gasteiger partial charge in [-0.1, -0.05) is 18.2 Å². The molecule has 11 heavy (non-hydrogen) atoms. The standard InChI is InChI=1S/C7H16N2O2/c1-4-5-6-11-8-9(10)7(2)3/h7H,4-6H2,1-3H3/b9-8-. The minimum atomic E-state index is -0.142. The lowest BCUT2D eigenvalue weighted by atomic mass is 10.4. The van der Waals surface area contributed by atoms with Gasteiger partial charge in [-0.2, -0.15) is 0 Å². The van der Waals surface area contributed by atoms with Crippen LogP contribution in [0.25, 0.3) is 0 Å². The highest BCUT2D eigenvalue weighted by molar-refractivity contribution is 4.29. The van der Waals surface area contributed by atoms with Gasteiger partial charge in [0, 0.05) is 13.8 Å². The van der Waals surface area contributed by atoms with Crippen molar-refractivity contribution in [3.8, 4) is 0 Å². The molecule has 0 heterocycles. The zero-order chi connectivity index (χ0) is 8.69. The summed E-state index contributed by atoms with van der Waals surface area (Å²) in [4.78, 5) is 5.30. The van der Waals surface area contributed by atoms with E-state index in [-0.39, 0.29) is 6.04 Å². The van der Waals surface area contributed by atoms with Crippen LogP contribution in [-0.2, 0) is 4.84 Å². The predicted molar refractivity (Wildman–Crippen MR) is 42.1 cm³/mol. The number of nitrogens with zero attached hydrogens (tertiary/aromatic N) is 2. The SMILES string of the molecule is CCCCO/N=[N+](\[O-])C(C)C. The van der Waals surface area contributed by atoms with E-state index in [1.807, 2.05) is 0 Å². The van der Waals surface area contributed by atoms with Gasteiger partial charge >= 0.3 is 0 Å². The highest BCUT2D eigenvalue weighted by Gasteiger charge is 2.01. The smallest absolute Gasteiger partial charge is 0.200 e. The first-order chi connectivity index (χ1) is 5.18. The molecule has 0 saturated carbocycles. The molecule has 4 heteroatoms. The van der Waals surface area contributed by atoms with Crippen molar-refractivity contribution in [3.05, 3.63) is 5.21 Å². The van der Waals surface area contributed by atoms with Gasteiger partial charge in [-0.15, -0.1) is 0 Å². The molecule has 0 saturated heterocycles. The van der Waals surface area contributed by atoms with E-state index in [9.17, 15) is 5.21 Å². The van der Waals surface area contributed by atoms with E-state index >= 15 is 0 Å². The van der Waals surface area contributed by atoms with E-state index in [0.29, 0.717) is 11.5 Å². The molecule has 0 N–H and O–H groups in total. The third-order valence-corrected chi connectivity index (χ3v) is 1.17. The largest absolute Gasteiger partial charge is 0.597 e. The lowest BCUT2D eigenvalue weighted by Gasteiger charge is -2.02. The molecular formula is C7H16N2O2. The fourth-order valence-electron chi connectivity index (χ4n) is 0.401. The summed E-state index contributed by atoms with van der Waals surface area (Å²) in [6.45, 7) is 6.11. The Kier molecular flexibility index (Phi) is 5.51. The Morgan fingerprint density at radius 3 is 2.64 bits per heavy atom. The van der Waals surface area contributed by atoms with Crippen molar-refractivity contribution in [1.29, 1.82) is 0 Å². The van der Waals surface area contributed by atoms with E-state index < -0.39 is 0 Å². The van der Waals surface area contributed by atoms with Crippen molar-refractivity contribution < 1.29 is 9.70 Å². The molecule has 0 amide bonds. The number of hydrogen-bond donors (Lipinski definition) is 0. The number of hydrogen-bond acceptors (Lipinski definition) is 3. The van der Waals surface area contributed by atoms with Gasteiger partial charge in [-0.3, -0.25) is 0 Å². The van der Waals surface area contributed by atoms with Crippen molar-refractivity contribution in [3.63, 3.8) is 0 Å². The fraction of sp³-hybridized carbons (Fsp3) is 1.00. The summed E-state index contributed by atoms with van der Waals surface area (Å²) in [5.74, 6) is 0. The van der Waals surface area contributed by atoms with Crippen LogP contribution in [0.5, 0.6) is 0 Å². The van der Waals surface area contributed by atoms with Gasteiger partial charge in [0.25, 0.3) is 0 Å². The molecule has 0 bridgehead atoms. The van der Waals surface area contributed by atoms with Crippen molar-refractivity contribution in [2.24, 2.45) is 5.28 Å². The molecule has 4 nitrogen and oxygen atoms in total. The molecule has 0 aromatic heterocycles. The molecule has 66 valence electrons. The summed E-state index contributed by atoms with van der Waals surface area (Å²) < 4.78 is 0. The van der Waals surface area contributed by atoms with Crippen molar-refractivity contribution in [2.45, 2.75) is 39.7 Å². The molecule has 0 aromatic carbocycles. The zero-order valence-corrected chi connectivity index (χ0v) is 7.41. The van der Waals surface area contributed by atoms with Crippen molar-refractivity contribution in [1.82, 2.24) is 0 Å². The van der Waals surface area contributed by atoms with Gasteiger partial charge in [0.15, 0.2) is 11.3 Å². The van der Waals surface area contributed by atoms with Gasteiger partial charge in [0.2, 0.25) is 0 Å². The third-order valence-electron chi connectivity index (χ3n) is 1.17. The molecule has 0 radical (unpaired) electrons. The van der Waals surface area contributed by atoms with Gasteiger partial charge in [0.1, 0.15) is 6.61 Å². The summed E-state index contributed by atoms with van der Waals surface area (Å²) in [6.07, 6.45) is 1.99. The molecule has 0 aliphatic heterocycles. The van der Waals surface area contributed by atoms with Crippen LogP contribution < -0.4 is 0 Å². The van der Waals surface area contributed by atoms with Crippen LogP contribution in [0.15, 0.2) is 5.28 Å². The first kappa shape index (κ1) is 10.2. The Balaban J connectivity index is 3.40. The maximum Gasteiger partial charge on any atom is 0.200 e. The van der Waals surface area contributed by atoms with Crippen LogP contribution in [0, 0.1) is 5.21 Å². The summed E-state index contributed by atoms with van der Waals surface area (Å²) in [7, 11) is 0. The first-order valence-electron chi connectivity index (χ1n) is 3.97. The van der Waals surface area contributed by atoms with E-state index in [4.69, 9.17) is 4.84 Å². The molecule has 0 rings (SSSR count). The molecule has 0 aromatic rings. The molecule has 0 aliphatic carbocycles. The van der Waals surface area contributed by atoms with Gasteiger partial charge in [-0.05, 0) is 6.42 Å². The monoisotopic (exact) mass is 160 g/mol. The van der Waals surface area contributed by atoms with Crippen LogP contribution in [0.4, 0.5) is 0 Å². The molecule has 0 unspecified atom stereocenters. The van der Waals surface area contributed by atoms with Gasteiger partial charge < -0.3 is 10.0 Å². The summed E-state index contributed by atoms with van der Waals surface area (Å²) in [5, 5.41) is 14.1. The molecule has 0 fully saturated rings. The Morgan fingerprint density at radius 2 is 2.18 bits per heavy atom. The quantitative estimate of drug-likeness (QED) is 0.267. The fourth-order valence-corrected chi connectivity index (χ4v) is 0.401. The Bertz CT molecular complexity index is 124. The molecule has 0 spiro atoms. The van der Waals surface area contributed by atoms with Crippen LogP contribution in [0.2, 0.25) is 0 Å². The lowest BCUT2D eigenvalue weighted by Crippen LogP contribution is -2.11. The topological polar surface area (TPSA) is 47.7 Å². The summed E-state index contributed by atoms with van der Waals surface area (Å²) >= 11 is 0. The minimum Gasteiger partial charge on any atom is -0.597 e. The maximum absolute atomic E-state index is 10.7. The number of rotatable bonds is 5. The average Bonchev–Trinajstić information content (AvgIpc) is 1.97. The Morgan fingerprint density at radius 1 is 1.55 bits per heavy atom. The van der Waals surface area contributed by atoms with Gasteiger partial charge in [-0.25, -0.2) is 0 Å². The highest BCUT2D eigenvalue weighted by atomic mass is 16.7. The second-order valence-corrected chi connectivity index (χ2v) is 2.66. The predicted octanol–water partition coefficient (Wildman–Crippen LogP) is 2.09. The lowest BCUT2D eigenvalue weighted by molar-refractivity contribution is -0.587. The minimum absolute atomic E-state index is 0.142.